The van der Waals surface area contributed by atoms with E-state index in [1.165, 1.54) is 37.1 Å². The maximum Gasteiger partial charge on any atom is 0.133 e. The molecule has 0 amide bonds. The van der Waals surface area contributed by atoms with Gasteiger partial charge in [0, 0.05) is 30.9 Å². The van der Waals surface area contributed by atoms with Gasteiger partial charge in [0.05, 0.1) is 0 Å². The highest BCUT2D eigenvalue weighted by Gasteiger charge is 2.30. The lowest BCUT2D eigenvalue weighted by Crippen LogP contribution is -2.29. The van der Waals surface area contributed by atoms with Gasteiger partial charge in [-0.3, -0.25) is 0 Å². The highest BCUT2D eigenvalue weighted by atomic mass is 15.2. The van der Waals surface area contributed by atoms with Crippen LogP contribution in [0.2, 0.25) is 0 Å². The summed E-state index contributed by atoms with van der Waals surface area (Å²) in [6.45, 7) is 4.30. The lowest BCUT2D eigenvalue weighted by Gasteiger charge is -2.25. The fraction of sp³-hybridized carbons (Fsp3) is 0.643. The van der Waals surface area contributed by atoms with Crippen molar-refractivity contribution in [2.45, 2.75) is 45.2 Å². The third-order valence-electron chi connectivity index (χ3n) is 3.25. The standard InChI is InChI=1S/C14H23N3/c1-3-4-10-17(13-7-8-13)14-12(11-15-2)6-5-9-16-14/h5-6,9,13,15H,3-4,7-8,10-11H2,1-2H3. The third-order valence-corrected chi connectivity index (χ3v) is 3.25. The molecular formula is C14H23N3. The molecular weight excluding hydrogens is 210 g/mol. The van der Waals surface area contributed by atoms with E-state index in [9.17, 15) is 0 Å². The van der Waals surface area contributed by atoms with Crippen LogP contribution < -0.4 is 10.2 Å². The summed E-state index contributed by atoms with van der Waals surface area (Å²) in [4.78, 5) is 7.11. The summed E-state index contributed by atoms with van der Waals surface area (Å²) in [6, 6.07) is 4.95. The molecule has 3 nitrogen and oxygen atoms in total. The van der Waals surface area contributed by atoms with Crippen LogP contribution in [0, 0.1) is 0 Å². The van der Waals surface area contributed by atoms with Gasteiger partial charge >= 0.3 is 0 Å². The molecule has 1 saturated carbocycles. The molecule has 0 atom stereocenters. The number of nitrogens with zero attached hydrogens (tertiary/aromatic N) is 2. The van der Waals surface area contributed by atoms with Crippen LogP contribution in [-0.2, 0) is 6.54 Å². The summed E-state index contributed by atoms with van der Waals surface area (Å²) in [6.07, 6.45) is 7.08. The fourth-order valence-electron chi connectivity index (χ4n) is 2.19. The molecule has 17 heavy (non-hydrogen) atoms. The Morgan fingerprint density at radius 2 is 2.29 bits per heavy atom. The van der Waals surface area contributed by atoms with Crippen LogP contribution in [0.5, 0.6) is 0 Å². The first kappa shape index (κ1) is 12.4. The van der Waals surface area contributed by atoms with Crippen molar-refractivity contribution in [1.82, 2.24) is 10.3 Å². The van der Waals surface area contributed by atoms with E-state index >= 15 is 0 Å². The van der Waals surface area contributed by atoms with Crippen LogP contribution in [0.25, 0.3) is 0 Å². The van der Waals surface area contributed by atoms with Crippen molar-refractivity contribution in [2.75, 3.05) is 18.5 Å². The summed E-state index contributed by atoms with van der Waals surface area (Å²) in [5.74, 6) is 1.19. The van der Waals surface area contributed by atoms with Gasteiger partial charge in [0.1, 0.15) is 5.82 Å². The highest BCUT2D eigenvalue weighted by molar-refractivity contribution is 5.48. The van der Waals surface area contributed by atoms with Crippen LogP contribution >= 0.6 is 0 Å². The summed E-state index contributed by atoms with van der Waals surface area (Å²) in [5.41, 5.74) is 1.32. The molecule has 1 fully saturated rings. The molecule has 0 aromatic carbocycles. The number of rotatable bonds is 7. The number of hydrogen-bond donors (Lipinski definition) is 1. The molecule has 0 saturated heterocycles. The van der Waals surface area contributed by atoms with Crippen molar-refractivity contribution in [3.8, 4) is 0 Å². The Labute approximate surface area is 104 Å². The fourth-order valence-corrected chi connectivity index (χ4v) is 2.19. The molecule has 1 aliphatic rings. The van der Waals surface area contributed by atoms with E-state index in [4.69, 9.17) is 0 Å². The minimum Gasteiger partial charge on any atom is -0.353 e. The molecule has 0 unspecified atom stereocenters. The average molecular weight is 233 g/mol. The lowest BCUT2D eigenvalue weighted by atomic mass is 10.2. The van der Waals surface area contributed by atoms with Gasteiger partial charge in [-0.15, -0.1) is 0 Å². The van der Waals surface area contributed by atoms with Gasteiger partial charge in [0.2, 0.25) is 0 Å². The van der Waals surface area contributed by atoms with Gasteiger partial charge in [-0.1, -0.05) is 19.4 Å². The number of pyridine rings is 1. The second kappa shape index (κ2) is 6.01. The number of nitrogens with one attached hydrogen (secondary N) is 1. The highest BCUT2D eigenvalue weighted by Crippen LogP contribution is 2.32. The second-order valence-electron chi connectivity index (χ2n) is 4.79. The normalized spacial score (nSPS) is 14.9. The SMILES string of the molecule is CCCCN(c1ncccc1CNC)C1CC1. The average Bonchev–Trinajstić information content (AvgIpc) is 3.16. The summed E-state index contributed by atoms with van der Waals surface area (Å²) in [5, 5.41) is 3.23. The number of hydrogen-bond acceptors (Lipinski definition) is 3. The topological polar surface area (TPSA) is 28.2 Å². The summed E-state index contributed by atoms with van der Waals surface area (Å²) in [7, 11) is 1.99. The molecule has 0 aliphatic heterocycles. The van der Waals surface area contributed by atoms with E-state index < -0.39 is 0 Å². The first-order chi connectivity index (χ1) is 8.36. The Bertz CT molecular complexity index is 347. The summed E-state index contributed by atoms with van der Waals surface area (Å²) >= 11 is 0. The van der Waals surface area contributed by atoms with Crippen LogP contribution in [0.1, 0.15) is 38.2 Å². The Morgan fingerprint density at radius 3 is 2.94 bits per heavy atom. The Kier molecular flexibility index (Phi) is 4.37. The molecule has 1 heterocycles. The van der Waals surface area contributed by atoms with Crippen LogP contribution in [-0.4, -0.2) is 24.6 Å². The molecule has 0 bridgehead atoms. The molecule has 0 radical (unpaired) electrons. The Morgan fingerprint density at radius 1 is 1.47 bits per heavy atom. The maximum absolute atomic E-state index is 4.60. The molecule has 1 N–H and O–H groups in total. The first-order valence-corrected chi connectivity index (χ1v) is 6.72. The van der Waals surface area contributed by atoms with Gasteiger partial charge in [-0.05, 0) is 32.4 Å². The zero-order valence-corrected chi connectivity index (χ0v) is 10.9. The van der Waals surface area contributed by atoms with Crippen LogP contribution in [0.4, 0.5) is 5.82 Å². The van der Waals surface area contributed by atoms with Gasteiger partial charge < -0.3 is 10.2 Å². The molecule has 94 valence electrons. The number of unbranched alkanes of at least 4 members (excludes halogenated alkanes) is 1. The van der Waals surface area contributed by atoms with Crippen molar-refractivity contribution in [3.63, 3.8) is 0 Å². The summed E-state index contributed by atoms with van der Waals surface area (Å²) < 4.78 is 0. The van der Waals surface area contributed by atoms with Crippen LogP contribution in [0.15, 0.2) is 18.3 Å². The van der Waals surface area contributed by atoms with Gasteiger partial charge in [0.25, 0.3) is 0 Å². The van der Waals surface area contributed by atoms with Crippen molar-refractivity contribution in [1.29, 1.82) is 0 Å². The predicted molar refractivity (Wildman–Crippen MR) is 72.3 cm³/mol. The minimum absolute atomic E-state index is 0.743. The maximum atomic E-state index is 4.60. The quantitative estimate of drug-likeness (QED) is 0.784. The van der Waals surface area contributed by atoms with E-state index in [-0.39, 0.29) is 0 Å². The molecule has 1 aliphatic carbocycles. The monoisotopic (exact) mass is 233 g/mol. The number of aromatic nitrogens is 1. The van der Waals surface area contributed by atoms with Gasteiger partial charge in [0.15, 0.2) is 0 Å². The smallest absolute Gasteiger partial charge is 0.133 e. The Hall–Kier alpha value is -1.09. The van der Waals surface area contributed by atoms with Crippen molar-refractivity contribution in [3.05, 3.63) is 23.9 Å². The van der Waals surface area contributed by atoms with Crippen LogP contribution in [0.3, 0.4) is 0 Å². The van der Waals surface area contributed by atoms with E-state index in [1.54, 1.807) is 0 Å². The molecule has 1 aromatic rings. The lowest BCUT2D eigenvalue weighted by molar-refractivity contribution is 0.695. The molecule has 0 spiro atoms. The zero-order valence-electron chi connectivity index (χ0n) is 10.9. The minimum atomic E-state index is 0.743. The Balaban J connectivity index is 2.15. The van der Waals surface area contributed by atoms with Gasteiger partial charge in [-0.2, -0.15) is 0 Å². The first-order valence-electron chi connectivity index (χ1n) is 6.72. The second-order valence-corrected chi connectivity index (χ2v) is 4.79. The molecule has 1 aromatic heterocycles. The third kappa shape index (κ3) is 3.19. The van der Waals surface area contributed by atoms with Crippen molar-refractivity contribution >= 4 is 5.82 Å². The van der Waals surface area contributed by atoms with E-state index in [0.29, 0.717) is 0 Å². The van der Waals surface area contributed by atoms with Crippen molar-refractivity contribution in [2.24, 2.45) is 0 Å². The predicted octanol–water partition coefficient (Wildman–Crippen LogP) is 2.57. The molecule has 3 heteroatoms. The van der Waals surface area contributed by atoms with E-state index in [2.05, 4.69) is 28.2 Å². The van der Waals surface area contributed by atoms with E-state index in [0.717, 1.165) is 19.1 Å². The van der Waals surface area contributed by atoms with Gasteiger partial charge in [-0.25, -0.2) is 4.98 Å². The van der Waals surface area contributed by atoms with E-state index in [1.807, 2.05) is 19.3 Å². The largest absolute Gasteiger partial charge is 0.353 e. The zero-order chi connectivity index (χ0) is 12.1. The number of anilines is 1. The molecule has 2 rings (SSSR count). The van der Waals surface area contributed by atoms with Crippen molar-refractivity contribution < 1.29 is 0 Å².